The smallest absolute Gasteiger partial charge is 0.248 e. The molecule has 0 bridgehead atoms. The fourth-order valence-electron chi connectivity index (χ4n) is 2.79. The largest absolute Gasteiger partial charge is 0.495 e. The third kappa shape index (κ3) is 4.93. The number of anilines is 2. The molecule has 1 N–H and O–H groups in total. The van der Waals surface area contributed by atoms with Crippen LogP contribution in [-0.2, 0) is 14.8 Å². The third-order valence-corrected chi connectivity index (χ3v) is 5.66. The van der Waals surface area contributed by atoms with Gasteiger partial charge in [0.05, 0.1) is 24.1 Å². The van der Waals surface area contributed by atoms with Gasteiger partial charge >= 0.3 is 0 Å². The van der Waals surface area contributed by atoms with Gasteiger partial charge in [-0.05, 0) is 50.6 Å². The topological polar surface area (TPSA) is 75.7 Å². The molecule has 0 fully saturated rings. The Kier molecular flexibility index (Phi) is 6.38. The predicted molar refractivity (Wildman–Crippen MR) is 109 cm³/mol. The summed E-state index contributed by atoms with van der Waals surface area (Å²) in [4.78, 5) is 12.7. The number of halogens is 1. The summed E-state index contributed by atoms with van der Waals surface area (Å²) in [7, 11) is -2.27. The number of nitrogens with one attached hydrogen (secondary N) is 1. The van der Waals surface area contributed by atoms with Crippen LogP contribution in [0.1, 0.15) is 18.1 Å². The highest BCUT2D eigenvalue weighted by Gasteiger charge is 2.30. The van der Waals surface area contributed by atoms with E-state index in [1.165, 1.54) is 20.1 Å². The van der Waals surface area contributed by atoms with Crippen LogP contribution in [0.3, 0.4) is 0 Å². The first-order chi connectivity index (χ1) is 12.5. The molecule has 0 aliphatic heterocycles. The Hall–Kier alpha value is -2.25. The standard InChI is InChI=1S/C19H23ClN2O4S/c1-12-6-8-17(13(2)10-12)21-19(23)14(3)22(27(5,24)25)15-7-9-18(26-4)16(20)11-15/h6-11,14H,1-5H3,(H,21,23)/t14-/m0/s1. The lowest BCUT2D eigenvalue weighted by molar-refractivity contribution is -0.116. The lowest BCUT2D eigenvalue weighted by Crippen LogP contribution is -2.45. The number of rotatable bonds is 6. The van der Waals surface area contributed by atoms with Crippen molar-refractivity contribution in [2.24, 2.45) is 0 Å². The number of carbonyl (C=O) groups is 1. The van der Waals surface area contributed by atoms with Crippen LogP contribution in [-0.4, -0.2) is 33.7 Å². The zero-order valence-corrected chi connectivity index (χ0v) is 17.5. The molecule has 27 heavy (non-hydrogen) atoms. The molecule has 0 aliphatic rings. The summed E-state index contributed by atoms with van der Waals surface area (Å²) in [6, 6.07) is 9.21. The SMILES string of the molecule is COc1ccc(N([C@@H](C)C(=O)Nc2ccc(C)cc2C)S(C)(=O)=O)cc1Cl. The van der Waals surface area contributed by atoms with E-state index in [1.54, 1.807) is 18.2 Å². The zero-order valence-electron chi connectivity index (χ0n) is 15.9. The molecule has 0 aliphatic carbocycles. The molecule has 0 radical (unpaired) electrons. The Morgan fingerprint density at radius 3 is 2.37 bits per heavy atom. The fourth-order valence-corrected chi connectivity index (χ4v) is 4.21. The molecule has 146 valence electrons. The summed E-state index contributed by atoms with van der Waals surface area (Å²) in [6.07, 6.45) is 1.05. The van der Waals surface area contributed by atoms with Gasteiger partial charge in [0.15, 0.2) is 0 Å². The predicted octanol–water partition coefficient (Wildman–Crippen LogP) is 3.76. The molecule has 0 spiro atoms. The van der Waals surface area contributed by atoms with E-state index >= 15 is 0 Å². The highest BCUT2D eigenvalue weighted by atomic mass is 35.5. The second-order valence-corrected chi connectivity index (χ2v) is 8.63. The molecule has 0 heterocycles. The molecular formula is C19H23ClN2O4S. The van der Waals surface area contributed by atoms with Crippen molar-refractivity contribution in [2.75, 3.05) is 23.0 Å². The maximum atomic E-state index is 12.7. The first-order valence-electron chi connectivity index (χ1n) is 8.25. The second-order valence-electron chi connectivity index (χ2n) is 6.36. The van der Waals surface area contributed by atoms with Crippen molar-refractivity contribution in [3.63, 3.8) is 0 Å². The third-order valence-electron chi connectivity index (χ3n) is 4.12. The van der Waals surface area contributed by atoms with Gasteiger partial charge in [-0.2, -0.15) is 0 Å². The minimum absolute atomic E-state index is 0.255. The van der Waals surface area contributed by atoms with E-state index < -0.39 is 22.0 Å². The van der Waals surface area contributed by atoms with Crippen molar-refractivity contribution in [1.29, 1.82) is 0 Å². The molecule has 2 aromatic carbocycles. The van der Waals surface area contributed by atoms with Crippen molar-refractivity contribution in [3.8, 4) is 5.75 Å². The van der Waals surface area contributed by atoms with E-state index in [0.717, 1.165) is 21.7 Å². The quantitative estimate of drug-likeness (QED) is 0.786. The summed E-state index contributed by atoms with van der Waals surface area (Å²) in [5.74, 6) is -0.0272. The van der Waals surface area contributed by atoms with E-state index in [9.17, 15) is 13.2 Å². The average Bonchev–Trinajstić information content (AvgIpc) is 2.56. The average molecular weight is 411 g/mol. The Bertz CT molecular complexity index is 960. The fraction of sp³-hybridized carbons (Fsp3) is 0.316. The molecule has 2 aromatic rings. The summed E-state index contributed by atoms with van der Waals surface area (Å²) in [5, 5.41) is 3.05. The number of carbonyl (C=O) groups excluding carboxylic acids is 1. The molecule has 8 heteroatoms. The Balaban J connectivity index is 2.36. The number of hydrogen-bond donors (Lipinski definition) is 1. The molecule has 2 rings (SSSR count). The second kappa shape index (κ2) is 8.19. The summed E-state index contributed by atoms with van der Waals surface area (Å²) >= 11 is 6.13. The number of sulfonamides is 1. The van der Waals surface area contributed by atoms with Crippen LogP contribution in [0.25, 0.3) is 0 Å². The van der Waals surface area contributed by atoms with Crippen molar-refractivity contribution >= 4 is 38.9 Å². The summed E-state index contributed by atoms with van der Waals surface area (Å²) in [6.45, 7) is 5.36. The van der Waals surface area contributed by atoms with Gasteiger partial charge in [-0.15, -0.1) is 0 Å². The van der Waals surface area contributed by atoms with Crippen LogP contribution in [0.2, 0.25) is 5.02 Å². The van der Waals surface area contributed by atoms with Crippen LogP contribution in [0.5, 0.6) is 5.75 Å². The van der Waals surface area contributed by atoms with Gasteiger partial charge in [-0.1, -0.05) is 29.3 Å². The lowest BCUT2D eigenvalue weighted by atomic mass is 10.1. The van der Waals surface area contributed by atoms with Gasteiger partial charge in [0.25, 0.3) is 0 Å². The maximum absolute atomic E-state index is 12.7. The van der Waals surface area contributed by atoms with Crippen LogP contribution < -0.4 is 14.4 Å². The van der Waals surface area contributed by atoms with Gasteiger partial charge < -0.3 is 10.1 Å². The van der Waals surface area contributed by atoms with E-state index in [2.05, 4.69) is 5.32 Å². The number of methoxy groups -OCH3 is 1. The van der Waals surface area contributed by atoms with Gasteiger partial charge in [-0.25, -0.2) is 8.42 Å². The summed E-state index contributed by atoms with van der Waals surface area (Å²) < 4.78 is 30.9. The van der Waals surface area contributed by atoms with Gasteiger partial charge in [-0.3, -0.25) is 9.10 Å². The normalized spacial score (nSPS) is 12.4. The van der Waals surface area contributed by atoms with Gasteiger partial charge in [0.1, 0.15) is 11.8 Å². The van der Waals surface area contributed by atoms with E-state index in [4.69, 9.17) is 16.3 Å². The number of hydrogen-bond acceptors (Lipinski definition) is 4. The van der Waals surface area contributed by atoms with E-state index in [1.807, 2.05) is 26.0 Å². The summed E-state index contributed by atoms with van der Waals surface area (Å²) in [5.41, 5.74) is 2.89. The van der Waals surface area contributed by atoms with Gasteiger partial charge in [0, 0.05) is 5.69 Å². The van der Waals surface area contributed by atoms with Crippen LogP contribution in [0.4, 0.5) is 11.4 Å². The first-order valence-corrected chi connectivity index (χ1v) is 10.5. The van der Waals surface area contributed by atoms with Crippen molar-refractivity contribution < 1.29 is 17.9 Å². The molecule has 0 unspecified atom stereocenters. The van der Waals surface area contributed by atoms with Crippen LogP contribution >= 0.6 is 11.6 Å². The van der Waals surface area contributed by atoms with E-state index in [-0.39, 0.29) is 10.7 Å². The Morgan fingerprint density at radius 2 is 1.85 bits per heavy atom. The Labute approximate surface area is 165 Å². The van der Waals surface area contributed by atoms with Crippen molar-refractivity contribution in [1.82, 2.24) is 0 Å². The number of nitrogens with zero attached hydrogens (tertiary/aromatic N) is 1. The lowest BCUT2D eigenvalue weighted by Gasteiger charge is -2.28. The van der Waals surface area contributed by atoms with Crippen molar-refractivity contribution in [3.05, 3.63) is 52.5 Å². The first kappa shape index (κ1) is 21.1. The highest BCUT2D eigenvalue weighted by molar-refractivity contribution is 7.92. The van der Waals surface area contributed by atoms with Crippen molar-refractivity contribution in [2.45, 2.75) is 26.8 Å². The molecular weight excluding hydrogens is 388 g/mol. The molecule has 1 amide bonds. The maximum Gasteiger partial charge on any atom is 0.248 e. The molecule has 0 aromatic heterocycles. The highest BCUT2D eigenvalue weighted by Crippen LogP contribution is 2.31. The van der Waals surface area contributed by atoms with Crippen LogP contribution in [0.15, 0.2) is 36.4 Å². The number of aryl methyl sites for hydroxylation is 2. The monoisotopic (exact) mass is 410 g/mol. The minimum Gasteiger partial charge on any atom is -0.495 e. The molecule has 0 saturated carbocycles. The zero-order chi connectivity index (χ0) is 20.4. The molecule has 0 saturated heterocycles. The van der Waals surface area contributed by atoms with Crippen LogP contribution in [0, 0.1) is 13.8 Å². The number of benzene rings is 2. The van der Waals surface area contributed by atoms with E-state index in [0.29, 0.717) is 11.4 Å². The Morgan fingerprint density at radius 1 is 1.19 bits per heavy atom. The number of ether oxygens (including phenoxy) is 1. The minimum atomic E-state index is -3.73. The molecule has 6 nitrogen and oxygen atoms in total. The van der Waals surface area contributed by atoms with Gasteiger partial charge in [0.2, 0.25) is 15.9 Å². The molecule has 1 atom stereocenters. The number of amides is 1.